The number of likely N-dealkylation sites (tertiary alicyclic amines) is 1. The summed E-state index contributed by atoms with van der Waals surface area (Å²) in [5.74, 6) is -1.90. The predicted octanol–water partition coefficient (Wildman–Crippen LogP) is 2.29. The van der Waals surface area contributed by atoms with Gasteiger partial charge in [-0.05, 0) is 39.3 Å². The van der Waals surface area contributed by atoms with Crippen molar-refractivity contribution in [2.75, 3.05) is 56.5 Å². The summed E-state index contributed by atoms with van der Waals surface area (Å²) in [6.07, 6.45) is 2.70. The van der Waals surface area contributed by atoms with Gasteiger partial charge >= 0.3 is 0 Å². The van der Waals surface area contributed by atoms with E-state index in [1.54, 1.807) is 0 Å². The molecule has 13 heteroatoms. The summed E-state index contributed by atoms with van der Waals surface area (Å²) in [5.41, 5.74) is 6.16. The third-order valence-corrected chi connectivity index (χ3v) is 7.98. The van der Waals surface area contributed by atoms with Gasteiger partial charge in [0, 0.05) is 62.0 Å². The second kappa shape index (κ2) is 12.6. The van der Waals surface area contributed by atoms with E-state index in [-0.39, 0.29) is 59.3 Å². The van der Waals surface area contributed by atoms with E-state index in [4.69, 9.17) is 22.4 Å². The molecular weight excluding hydrogens is 532 g/mol. The second-order valence-electron chi connectivity index (χ2n) is 10.1. The molecule has 0 spiro atoms. The van der Waals surface area contributed by atoms with E-state index in [2.05, 4.69) is 32.0 Å². The van der Waals surface area contributed by atoms with Crippen molar-refractivity contribution in [3.8, 4) is 5.75 Å². The van der Waals surface area contributed by atoms with E-state index in [0.29, 0.717) is 24.9 Å². The number of nitrogens with two attached hydrogens (primary N) is 1. The largest absolute Gasteiger partial charge is 0.507 e. The normalized spacial score (nSPS) is 19.4. The van der Waals surface area contributed by atoms with Crippen LogP contribution in [0.1, 0.15) is 47.8 Å². The number of carbonyl (C=O) groups is 1. The molecule has 0 aliphatic carbocycles. The average Bonchev–Trinajstić information content (AvgIpc) is 2.94. The van der Waals surface area contributed by atoms with Gasteiger partial charge in [0.1, 0.15) is 17.4 Å². The smallest absolute Gasteiger partial charge is 0.273 e. The van der Waals surface area contributed by atoms with Crippen molar-refractivity contribution in [1.29, 1.82) is 0 Å². The van der Waals surface area contributed by atoms with E-state index in [1.165, 1.54) is 6.92 Å². The van der Waals surface area contributed by atoms with E-state index in [1.807, 2.05) is 4.90 Å². The Kier molecular flexibility index (Phi) is 9.42. The number of piperidine rings is 1. The van der Waals surface area contributed by atoms with Gasteiger partial charge in [0.2, 0.25) is 0 Å². The van der Waals surface area contributed by atoms with Crippen LogP contribution in [-0.2, 0) is 6.54 Å². The van der Waals surface area contributed by atoms with Crippen LogP contribution in [0.2, 0.25) is 5.15 Å². The standard InChI is InChI=1S/C26H36ClF2N7O3/c1-3-16-13-35(25-23(27)32-21(24(30)33-25)26(39)31-6-11-37)9-10-36(16)17-4-7-34(8-5-17)14-18-20(29)12-19(28)15(2)22(18)38/h12,16-17,37-38H,3-11,13-14H2,1-2H3,(H2,30,33)(H,31,39)/t16-/m0/s1. The number of aliphatic hydroxyl groups excluding tert-OH is 1. The lowest BCUT2D eigenvalue weighted by molar-refractivity contribution is 0.0605. The number of phenols is 1. The summed E-state index contributed by atoms with van der Waals surface area (Å²) in [4.78, 5) is 27.5. The number of aromatic hydroxyl groups is 1. The summed E-state index contributed by atoms with van der Waals surface area (Å²) in [5, 5.41) is 21.8. The zero-order valence-electron chi connectivity index (χ0n) is 22.3. The zero-order chi connectivity index (χ0) is 28.3. The minimum Gasteiger partial charge on any atom is -0.507 e. The summed E-state index contributed by atoms with van der Waals surface area (Å²) < 4.78 is 28.1. The number of piperazine rings is 1. The molecule has 4 rings (SSSR count). The molecule has 0 saturated carbocycles. The van der Waals surface area contributed by atoms with Crippen LogP contribution in [0, 0.1) is 18.6 Å². The molecule has 10 nitrogen and oxygen atoms in total. The molecule has 2 aliphatic rings. The van der Waals surface area contributed by atoms with Gasteiger partial charge < -0.3 is 26.2 Å². The molecule has 39 heavy (non-hydrogen) atoms. The molecule has 2 aromatic rings. The average molecular weight is 568 g/mol. The Morgan fingerprint density at radius 1 is 1.21 bits per heavy atom. The van der Waals surface area contributed by atoms with E-state index < -0.39 is 17.5 Å². The zero-order valence-corrected chi connectivity index (χ0v) is 23.0. The molecule has 1 aromatic carbocycles. The second-order valence-corrected chi connectivity index (χ2v) is 10.5. The minimum absolute atomic E-state index is 0.0217. The number of carbonyl (C=O) groups excluding carboxylic acids is 1. The van der Waals surface area contributed by atoms with Crippen molar-refractivity contribution in [2.45, 2.75) is 51.7 Å². The molecule has 0 bridgehead atoms. The number of hydrogen-bond acceptors (Lipinski definition) is 9. The van der Waals surface area contributed by atoms with Crippen molar-refractivity contribution in [3.05, 3.63) is 39.7 Å². The topological polar surface area (TPSA) is 131 Å². The Balaban J connectivity index is 1.37. The Hall–Kier alpha value is -2.80. The molecule has 1 atom stereocenters. The monoisotopic (exact) mass is 567 g/mol. The third kappa shape index (κ3) is 6.34. The van der Waals surface area contributed by atoms with E-state index in [0.717, 1.165) is 45.0 Å². The molecule has 0 radical (unpaired) electrons. The number of anilines is 2. The number of nitrogens with zero attached hydrogens (tertiary/aromatic N) is 5. The minimum atomic E-state index is -0.744. The van der Waals surface area contributed by atoms with Crippen molar-refractivity contribution < 1.29 is 23.8 Å². The van der Waals surface area contributed by atoms with Gasteiger partial charge in [0.15, 0.2) is 22.5 Å². The summed E-state index contributed by atoms with van der Waals surface area (Å²) in [6, 6.07) is 1.43. The number of benzene rings is 1. The molecule has 2 aliphatic heterocycles. The lowest BCUT2D eigenvalue weighted by atomic mass is 9.97. The fourth-order valence-corrected chi connectivity index (χ4v) is 5.73. The van der Waals surface area contributed by atoms with Gasteiger partial charge in [-0.1, -0.05) is 18.5 Å². The third-order valence-electron chi connectivity index (χ3n) is 7.72. The summed E-state index contributed by atoms with van der Waals surface area (Å²) in [6.45, 7) is 7.29. The molecular formula is C26H36ClF2N7O3. The van der Waals surface area contributed by atoms with Crippen molar-refractivity contribution in [1.82, 2.24) is 25.1 Å². The number of aromatic nitrogens is 2. The highest BCUT2D eigenvalue weighted by Gasteiger charge is 2.35. The number of aliphatic hydroxyl groups is 1. The number of phenolic OH excluding ortho intramolecular Hbond substituents is 1. The number of nitrogen functional groups attached to an aromatic ring is 1. The van der Waals surface area contributed by atoms with Gasteiger partial charge in [0.05, 0.1) is 6.61 Å². The predicted molar refractivity (Wildman–Crippen MR) is 145 cm³/mol. The maximum atomic E-state index is 14.4. The van der Waals surface area contributed by atoms with Crippen molar-refractivity contribution in [3.63, 3.8) is 0 Å². The van der Waals surface area contributed by atoms with Crippen LogP contribution >= 0.6 is 11.6 Å². The molecule has 1 aromatic heterocycles. The van der Waals surface area contributed by atoms with Gasteiger partial charge in [0.25, 0.3) is 5.91 Å². The van der Waals surface area contributed by atoms with Gasteiger partial charge in [-0.25, -0.2) is 18.7 Å². The van der Waals surface area contributed by atoms with E-state index in [9.17, 15) is 18.7 Å². The molecule has 1 amide bonds. The Morgan fingerprint density at radius 2 is 1.92 bits per heavy atom. The highest BCUT2D eigenvalue weighted by atomic mass is 35.5. The molecule has 214 valence electrons. The first-order valence-corrected chi connectivity index (χ1v) is 13.6. The first kappa shape index (κ1) is 29.2. The fraction of sp³-hybridized carbons (Fsp3) is 0.577. The van der Waals surface area contributed by atoms with Crippen LogP contribution in [-0.4, -0.2) is 93.8 Å². The molecule has 0 unspecified atom stereocenters. The van der Waals surface area contributed by atoms with Crippen molar-refractivity contribution >= 4 is 29.1 Å². The Labute approximate surface area is 231 Å². The first-order valence-electron chi connectivity index (χ1n) is 13.3. The lowest BCUT2D eigenvalue weighted by Gasteiger charge is -2.47. The summed E-state index contributed by atoms with van der Waals surface area (Å²) >= 11 is 6.43. The molecule has 3 heterocycles. The molecule has 2 fully saturated rings. The molecule has 5 N–H and O–H groups in total. The number of halogens is 3. The highest BCUT2D eigenvalue weighted by molar-refractivity contribution is 6.32. The quantitative estimate of drug-likeness (QED) is 0.379. The SMILES string of the molecule is CC[C@H]1CN(c2nc(N)c(C(=O)NCCO)nc2Cl)CCN1C1CCN(Cc2c(F)cc(F)c(C)c2O)CC1. The van der Waals surface area contributed by atoms with Crippen LogP contribution in [0.25, 0.3) is 0 Å². The first-order chi connectivity index (χ1) is 18.6. The van der Waals surface area contributed by atoms with Crippen LogP contribution in [0.3, 0.4) is 0 Å². The lowest BCUT2D eigenvalue weighted by Crippen LogP contribution is -2.58. The summed E-state index contributed by atoms with van der Waals surface area (Å²) in [7, 11) is 0. The maximum Gasteiger partial charge on any atom is 0.273 e. The van der Waals surface area contributed by atoms with Crippen LogP contribution in [0.15, 0.2) is 6.07 Å². The van der Waals surface area contributed by atoms with Crippen LogP contribution < -0.4 is 16.0 Å². The van der Waals surface area contributed by atoms with Gasteiger partial charge in [-0.15, -0.1) is 0 Å². The number of rotatable bonds is 8. The van der Waals surface area contributed by atoms with Crippen LogP contribution in [0.5, 0.6) is 5.75 Å². The van der Waals surface area contributed by atoms with Crippen molar-refractivity contribution in [2.24, 2.45) is 0 Å². The number of hydrogen-bond donors (Lipinski definition) is 4. The number of amides is 1. The van der Waals surface area contributed by atoms with Gasteiger partial charge in [-0.3, -0.25) is 14.6 Å². The Morgan fingerprint density at radius 3 is 2.59 bits per heavy atom. The van der Waals surface area contributed by atoms with Crippen LogP contribution in [0.4, 0.5) is 20.4 Å². The van der Waals surface area contributed by atoms with Gasteiger partial charge in [-0.2, -0.15) is 0 Å². The highest BCUT2D eigenvalue weighted by Crippen LogP contribution is 2.32. The number of nitrogens with one attached hydrogen (secondary N) is 1. The maximum absolute atomic E-state index is 14.4. The van der Waals surface area contributed by atoms with E-state index >= 15 is 0 Å². The fourth-order valence-electron chi connectivity index (χ4n) is 5.49. The molecule has 2 saturated heterocycles. The Bertz CT molecular complexity index is 1200.